The molecular formula is C23H33N7O. The van der Waals surface area contributed by atoms with Crippen molar-refractivity contribution in [1.29, 1.82) is 0 Å². The van der Waals surface area contributed by atoms with E-state index in [9.17, 15) is 4.79 Å². The minimum atomic E-state index is 0.00184. The normalized spacial score (nSPS) is 15.5. The largest absolute Gasteiger partial charge is 0.357 e. The van der Waals surface area contributed by atoms with E-state index in [2.05, 4.69) is 37.3 Å². The maximum atomic E-state index is 12.2. The van der Waals surface area contributed by atoms with Crippen LogP contribution in [0.4, 0.5) is 11.6 Å². The van der Waals surface area contributed by atoms with Crippen LogP contribution in [0.15, 0.2) is 47.7 Å². The van der Waals surface area contributed by atoms with Crippen molar-refractivity contribution in [2.75, 3.05) is 42.9 Å². The van der Waals surface area contributed by atoms with Gasteiger partial charge in [-0.1, -0.05) is 26.0 Å². The molecule has 166 valence electrons. The lowest BCUT2D eigenvalue weighted by molar-refractivity contribution is -0.119. The smallest absolute Gasteiger partial charge is 0.227 e. The number of piperazine rings is 1. The summed E-state index contributed by atoms with van der Waals surface area (Å²) < 4.78 is 0. The summed E-state index contributed by atoms with van der Waals surface area (Å²) >= 11 is 0. The minimum absolute atomic E-state index is 0.00184. The number of benzene rings is 1. The molecule has 1 aromatic carbocycles. The van der Waals surface area contributed by atoms with Gasteiger partial charge in [0.25, 0.3) is 0 Å². The summed E-state index contributed by atoms with van der Waals surface area (Å²) in [5, 5.41) is 6.40. The molecule has 8 heteroatoms. The Morgan fingerprint density at radius 2 is 1.87 bits per heavy atom. The van der Waals surface area contributed by atoms with Gasteiger partial charge in [0.15, 0.2) is 5.96 Å². The summed E-state index contributed by atoms with van der Waals surface area (Å²) in [4.78, 5) is 30.2. The number of carbonyl (C=O) groups excluding carboxylic acids is 1. The molecule has 1 saturated heterocycles. The number of rotatable bonds is 7. The molecular weight excluding hydrogens is 390 g/mol. The number of anilines is 2. The van der Waals surface area contributed by atoms with Gasteiger partial charge >= 0.3 is 0 Å². The average Bonchev–Trinajstić information content (AvgIpc) is 2.82. The number of nitrogens with zero attached hydrogens (tertiary/aromatic N) is 5. The van der Waals surface area contributed by atoms with Crippen LogP contribution < -0.4 is 15.5 Å². The Morgan fingerprint density at radius 3 is 2.55 bits per heavy atom. The molecule has 0 bridgehead atoms. The van der Waals surface area contributed by atoms with Crippen molar-refractivity contribution in [3.63, 3.8) is 0 Å². The fourth-order valence-electron chi connectivity index (χ4n) is 3.36. The lowest BCUT2D eigenvalue weighted by atomic mass is 10.1. The molecule has 0 saturated carbocycles. The van der Waals surface area contributed by atoms with Crippen molar-refractivity contribution in [2.45, 2.75) is 33.7 Å². The Kier molecular flexibility index (Phi) is 8.20. The Balaban J connectivity index is 1.61. The van der Waals surface area contributed by atoms with Gasteiger partial charge < -0.3 is 20.4 Å². The predicted octanol–water partition coefficient (Wildman–Crippen LogP) is 2.75. The Hall–Kier alpha value is -3.16. The summed E-state index contributed by atoms with van der Waals surface area (Å²) in [6.45, 7) is 10.8. The fourth-order valence-corrected chi connectivity index (χ4v) is 3.36. The van der Waals surface area contributed by atoms with Crippen molar-refractivity contribution in [3.8, 4) is 0 Å². The SMILES string of the molecule is CCNC(=NCc1cccc(NC(=O)C(C)CC)c1)N1CCN(c2ncccn2)CC1. The fraction of sp³-hybridized carbons (Fsp3) is 0.478. The van der Waals surface area contributed by atoms with Crippen molar-refractivity contribution in [2.24, 2.45) is 10.9 Å². The first kappa shape index (κ1) is 22.5. The standard InChI is InChI=1S/C23H33N7O/c1-4-18(3)21(31)28-20-9-6-8-19(16-20)17-27-22(24-5-2)29-12-14-30(15-13-29)23-25-10-7-11-26-23/h6-11,16,18H,4-5,12-15,17H2,1-3H3,(H,24,27)(H,28,31). The van der Waals surface area contributed by atoms with Crippen LogP contribution in [-0.2, 0) is 11.3 Å². The molecule has 1 unspecified atom stereocenters. The van der Waals surface area contributed by atoms with Crippen LogP contribution in [0.25, 0.3) is 0 Å². The lowest BCUT2D eigenvalue weighted by Crippen LogP contribution is -2.52. The third-order valence-electron chi connectivity index (χ3n) is 5.41. The molecule has 2 aromatic rings. The number of guanidine groups is 1. The summed E-state index contributed by atoms with van der Waals surface area (Å²) in [5.74, 6) is 1.74. The van der Waals surface area contributed by atoms with Crippen LogP contribution in [0.3, 0.4) is 0 Å². The average molecular weight is 424 g/mol. The van der Waals surface area contributed by atoms with E-state index >= 15 is 0 Å². The second kappa shape index (κ2) is 11.3. The van der Waals surface area contributed by atoms with E-state index in [1.807, 2.05) is 44.2 Å². The van der Waals surface area contributed by atoms with E-state index in [4.69, 9.17) is 4.99 Å². The van der Waals surface area contributed by atoms with Crippen LogP contribution in [0.5, 0.6) is 0 Å². The van der Waals surface area contributed by atoms with Gasteiger partial charge in [0.05, 0.1) is 6.54 Å². The van der Waals surface area contributed by atoms with Gasteiger partial charge in [-0.3, -0.25) is 4.79 Å². The first-order valence-electron chi connectivity index (χ1n) is 11.1. The quantitative estimate of drug-likeness (QED) is 0.526. The van der Waals surface area contributed by atoms with Gasteiger partial charge in [0.1, 0.15) is 0 Å². The number of carbonyl (C=O) groups is 1. The van der Waals surface area contributed by atoms with E-state index in [0.717, 1.165) is 62.3 Å². The first-order valence-corrected chi connectivity index (χ1v) is 11.1. The van der Waals surface area contributed by atoms with Crippen LogP contribution >= 0.6 is 0 Å². The molecule has 0 radical (unpaired) electrons. The molecule has 2 N–H and O–H groups in total. The summed E-state index contributed by atoms with van der Waals surface area (Å²) in [5.41, 5.74) is 1.88. The van der Waals surface area contributed by atoms with E-state index in [1.165, 1.54) is 0 Å². The summed E-state index contributed by atoms with van der Waals surface area (Å²) in [6, 6.07) is 9.75. The van der Waals surface area contributed by atoms with Gasteiger partial charge in [-0.2, -0.15) is 0 Å². The Bertz CT molecular complexity index is 863. The second-order valence-electron chi connectivity index (χ2n) is 7.69. The van der Waals surface area contributed by atoms with Gasteiger partial charge in [0.2, 0.25) is 11.9 Å². The Morgan fingerprint density at radius 1 is 1.13 bits per heavy atom. The number of hydrogen-bond acceptors (Lipinski definition) is 5. The van der Waals surface area contributed by atoms with Crippen LogP contribution in [0.1, 0.15) is 32.8 Å². The highest BCUT2D eigenvalue weighted by molar-refractivity contribution is 5.92. The molecule has 1 aliphatic heterocycles. The molecule has 1 aliphatic rings. The van der Waals surface area contributed by atoms with Crippen LogP contribution in [-0.4, -0.2) is 59.5 Å². The summed E-state index contributed by atoms with van der Waals surface area (Å²) in [6.07, 6.45) is 4.38. The molecule has 2 heterocycles. The number of aliphatic imine (C=N–C) groups is 1. The van der Waals surface area contributed by atoms with E-state index < -0.39 is 0 Å². The lowest BCUT2D eigenvalue weighted by Gasteiger charge is -2.36. The highest BCUT2D eigenvalue weighted by Gasteiger charge is 2.21. The zero-order chi connectivity index (χ0) is 22.1. The summed E-state index contributed by atoms with van der Waals surface area (Å²) in [7, 11) is 0. The molecule has 1 fully saturated rings. The number of aromatic nitrogens is 2. The molecule has 3 rings (SSSR count). The third kappa shape index (κ3) is 6.41. The van der Waals surface area contributed by atoms with E-state index in [-0.39, 0.29) is 11.8 Å². The number of nitrogens with one attached hydrogen (secondary N) is 2. The molecule has 1 atom stereocenters. The van der Waals surface area contributed by atoms with E-state index in [1.54, 1.807) is 12.4 Å². The van der Waals surface area contributed by atoms with Crippen molar-refractivity contribution < 1.29 is 4.79 Å². The van der Waals surface area contributed by atoms with Crippen molar-refractivity contribution in [3.05, 3.63) is 48.3 Å². The highest BCUT2D eigenvalue weighted by atomic mass is 16.1. The zero-order valence-corrected chi connectivity index (χ0v) is 18.7. The van der Waals surface area contributed by atoms with Crippen molar-refractivity contribution in [1.82, 2.24) is 20.2 Å². The van der Waals surface area contributed by atoms with Gasteiger partial charge in [-0.05, 0) is 37.1 Å². The topological polar surface area (TPSA) is 85.8 Å². The maximum Gasteiger partial charge on any atom is 0.227 e. The first-order chi connectivity index (χ1) is 15.1. The van der Waals surface area contributed by atoms with E-state index in [0.29, 0.717) is 6.54 Å². The molecule has 0 spiro atoms. The number of amides is 1. The third-order valence-corrected chi connectivity index (χ3v) is 5.41. The van der Waals surface area contributed by atoms with Crippen LogP contribution in [0.2, 0.25) is 0 Å². The van der Waals surface area contributed by atoms with Gasteiger partial charge in [-0.25, -0.2) is 15.0 Å². The van der Waals surface area contributed by atoms with Crippen molar-refractivity contribution >= 4 is 23.5 Å². The highest BCUT2D eigenvalue weighted by Crippen LogP contribution is 2.15. The molecule has 1 aromatic heterocycles. The zero-order valence-electron chi connectivity index (χ0n) is 18.7. The molecule has 1 amide bonds. The van der Waals surface area contributed by atoms with Gasteiger partial charge in [-0.15, -0.1) is 0 Å². The minimum Gasteiger partial charge on any atom is -0.357 e. The van der Waals surface area contributed by atoms with Gasteiger partial charge in [0, 0.05) is 56.7 Å². The number of hydrogen-bond donors (Lipinski definition) is 2. The molecule has 8 nitrogen and oxygen atoms in total. The monoisotopic (exact) mass is 423 g/mol. The second-order valence-corrected chi connectivity index (χ2v) is 7.69. The predicted molar refractivity (Wildman–Crippen MR) is 125 cm³/mol. The molecule has 31 heavy (non-hydrogen) atoms. The Labute approximate surface area is 184 Å². The maximum absolute atomic E-state index is 12.2. The van der Waals surface area contributed by atoms with Crippen LogP contribution in [0, 0.1) is 5.92 Å². The molecule has 0 aliphatic carbocycles.